The highest BCUT2D eigenvalue weighted by Crippen LogP contribution is 2.32. The van der Waals surface area contributed by atoms with Gasteiger partial charge < -0.3 is 0 Å². The third-order valence-corrected chi connectivity index (χ3v) is 4.56. The van der Waals surface area contributed by atoms with Crippen LogP contribution in [0.4, 0.5) is 13.2 Å². The maximum atomic E-state index is 12.6. The van der Waals surface area contributed by atoms with Gasteiger partial charge in [-0.25, -0.2) is 0 Å². The van der Waals surface area contributed by atoms with E-state index in [-0.39, 0.29) is 6.04 Å². The first-order valence-corrected chi connectivity index (χ1v) is 7.99. The zero-order valence-electron chi connectivity index (χ0n) is 13.6. The summed E-state index contributed by atoms with van der Waals surface area (Å²) in [5, 5.41) is 0. The third-order valence-electron chi connectivity index (χ3n) is 4.56. The van der Waals surface area contributed by atoms with Crippen molar-refractivity contribution in [1.29, 1.82) is 0 Å². The fourth-order valence-electron chi connectivity index (χ4n) is 3.19. The van der Waals surface area contributed by atoms with Gasteiger partial charge in [0.2, 0.25) is 0 Å². The molecule has 0 aliphatic carbocycles. The molecule has 22 heavy (non-hydrogen) atoms. The fourth-order valence-corrected chi connectivity index (χ4v) is 3.19. The van der Waals surface area contributed by atoms with Crippen LogP contribution in [0.5, 0.6) is 0 Å². The maximum absolute atomic E-state index is 12.6. The van der Waals surface area contributed by atoms with Gasteiger partial charge in [-0.2, -0.15) is 13.2 Å². The van der Waals surface area contributed by atoms with E-state index in [9.17, 15) is 13.2 Å². The second-order valence-electron chi connectivity index (χ2n) is 6.01. The molecule has 1 atom stereocenters. The van der Waals surface area contributed by atoms with Crippen molar-refractivity contribution in [3.05, 3.63) is 34.9 Å². The first-order valence-electron chi connectivity index (χ1n) is 7.99. The Morgan fingerprint density at radius 2 is 1.91 bits per heavy atom. The third kappa shape index (κ3) is 4.23. The lowest BCUT2D eigenvalue weighted by atomic mass is 9.91. The number of nitrogens with zero attached hydrogens (tertiary/aromatic N) is 2. The summed E-state index contributed by atoms with van der Waals surface area (Å²) in [6, 6.07) is 6.08. The molecule has 1 aromatic carbocycles. The van der Waals surface area contributed by atoms with Crippen molar-refractivity contribution in [3.8, 4) is 0 Å². The highest BCUT2D eigenvalue weighted by molar-refractivity contribution is 5.36. The fraction of sp³-hybridized carbons (Fsp3) is 0.647. The Morgan fingerprint density at radius 3 is 2.50 bits per heavy atom. The molecule has 0 saturated carbocycles. The average Bonchev–Trinajstić information content (AvgIpc) is 2.46. The molecule has 0 N–H and O–H groups in total. The van der Waals surface area contributed by atoms with E-state index in [2.05, 4.69) is 30.9 Å². The molecular formula is C17H25F3N2. The molecule has 1 unspecified atom stereocenters. The van der Waals surface area contributed by atoms with Crippen LogP contribution in [-0.4, -0.2) is 42.2 Å². The predicted molar refractivity (Wildman–Crippen MR) is 82.8 cm³/mol. The summed E-state index contributed by atoms with van der Waals surface area (Å²) in [5.74, 6) is 0. The van der Waals surface area contributed by atoms with E-state index in [1.165, 1.54) is 16.0 Å². The molecule has 1 aromatic rings. The number of hydrogen-bond acceptors (Lipinski definition) is 2. The van der Waals surface area contributed by atoms with Gasteiger partial charge in [0.05, 0.1) is 6.54 Å². The summed E-state index contributed by atoms with van der Waals surface area (Å²) in [5.41, 5.74) is 3.49. The molecule has 5 heteroatoms. The van der Waals surface area contributed by atoms with E-state index < -0.39 is 12.7 Å². The number of hydrogen-bond donors (Lipinski definition) is 0. The molecule has 1 aliphatic heterocycles. The van der Waals surface area contributed by atoms with E-state index in [0.717, 1.165) is 25.2 Å². The van der Waals surface area contributed by atoms with Crippen molar-refractivity contribution < 1.29 is 13.2 Å². The molecule has 1 aliphatic rings. The Labute approximate surface area is 130 Å². The molecule has 0 spiro atoms. The summed E-state index contributed by atoms with van der Waals surface area (Å²) in [4.78, 5) is 3.86. The highest BCUT2D eigenvalue weighted by Gasteiger charge is 2.35. The predicted octanol–water partition coefficient (Wildman–Crippen LogP) is 4.01. The van der Waals surface area contributed by atoms with Gasteiger partial charge in [-0.15, -0.1) is 0 Å². The van der Waals surface area contributed by atoms with Crippen molar-refractivity contribution in [2.75, 3.05) is 26.2 Å². The number of alkyl halides is 3. The van der Waals surface area contributed by atoms with Crippen LogP contribution in [0.25, 0.3) is 0 Å². The van der Waals surface area contributed by atoms with Crippen molar-refractivity contribution in [2.45, 2.75) is 46.0 Å². The van der Waals surface area contributed by atoms with Crippen LogP contribution >= 0.6 is 0 Å². The average molecular weight is 314 g/mol. The smallest absolute Gasteiger partial charge is 0.300 e. The second-order valence-corrected chi connectivity index (χ2v) is 6.01. The summed E-state index contributed by atoms with van der Waals surface area (Å²) in [6.07, 6.45) is -3.43. The van der Waals surface area contributed by atoms with E-state index in [1.807, 2.05) is 13.0 Å². The molecule has 1 heterocycles. The molecule has 0 fully saturated rings. The van der Waals surface area contributed by atoms with Gasteiger partial charge in [-0.1, -0.05) is 32.0 Å². The van der Waals surface area contributed by atoms with Crippen LogP contribution in [0.1, 0.15) is 43.5 Å². The Hall–Kier alpha value is -1.07. The van der Waals surface area contributed by atoms with Crippen molar-refractivity contribution in [3.63, 3.8) is 0 Å². The zero-order chi connectivity index (χ0) is 16.3. The molecule has 2 rings (SSSR count). The Kier molecular flexibility index (Phi) is 5.50. The van der Waals surface area contributed by atoms with Crippen LogP contribution in [0.2, 0.25) is 0 Å². The zero-order valence-corrected chi connectivity index (χ0v) is 13.6. The van der Waals surface area contributed by atoms with Gasteiger partial charge in [0.25, 0.3) is 0 Å². The minimum absolute atomic E-state index is 0.173. The lowest BCUT2D eigenvalue weighted by molar-refractivity contribution is -0.151. The van der Waals surface area contributed by atoms with Crippen LogP contribution in [0, 0.1) is 0 Å². The normalized spacial score (nSPS) is 19.5. The summed E-state index contributed by atoms with van der Waals surface area (Å²) >= 11 is 0. The molecule has 0 amide bonds. The number of fused-ring (bicyclic) bond motifs is 1. The monoisotopic (exact) mass is 314 g/mol. The van der Waals surface area contributed by atoms with Crippen LogP contribution in [0.15, 0.2) is 18.2 Å². The molecule has 124 valence electrons. The quantitative estimate of drug-likeness (QED) is 0.810. The van der Waals surface area contributed by atoms with Crippen LogP contribution < -0.4 is 0 Å². The van der Waals surface area contributed by atoms with Gasteiger partial charge in [-0.3, -0.25) is 9.80 Å². The standard InChI is InChI=1S/C17H25F3N2/c1-4-21(5-2)11-14-6-7-16-13(3)22(12-17(18,19)20)9-8-15(16)10-14/h6-7,10,13H,4-5,8-9,11-12H2,1-3H3. The van der Waals surface area contributed by atoms with Crippen molar-refractivity contribution in [2.24, 2.45) is 0 Å². The van der Waals surface area contributed by atoms with E-state index >= 15 is 0 Å². The Bertz CT molecular complexity index is 495. The van der Waals surface area contributed by atoms with E-state index in [4.69, 9.17) is 0 Å². The van der Waals surface area contributed by atoms with E-state index in [0.29, 0.717) is 13.0 Å². The number of halogens is 3. The van der Waals surface area contributed by atoms with E-state index in [1.54, 1.807) is 0 Å². The van der Waals surface area contributed by atoms with Crippen molar-refractivity contribution >= 4 is 0 Å². The van der Waals surface area contributed by atoms with Gasteiger partial charge in [-0.05, 0) is 43.1 Å². The molecule has 0 aromatic heterocycles. The SMILES string of the molecule is CCN(CC)Cc1ccc2c(c1)CCN(CC(F)(F)F)C2C. The molecular weight excluding hydrogens is 289 g/mol. The first kappa shape index (κ1) is 17.3. The molecule has 0 saturated heterocycles. The summed E-state index contributed by atoms with van der Waals surface area (Å²) in [7, 11) is 0. The molecule has 0 radical (unpaired) electrons. The van der Waals surface area contributed by atoms with Gasteiger partial charge in [0.15, 0.2) is 0 Å². The van der Waals surface area contributed by atoms with Gasteiger partial charge >= 0.3 is 6.18 Å². The molecule has 2 nitrogen and oxygen atoms in total. The largest absolute Gasteiger partial charge is 0.401 e. The Balaban J connectivity index is 2.13. The van der Waals surface area contributed by atoms with Crippen molar-refractivity contribution in [1.82, 2.24) is 9.80 Å². The first-order chi connectivity index (χ1) is 10.3. The Morgan fingerprint density at radius 1 is 1.23 bits per heavy atom. The highest BCUT2D eigenvalue weighted by atomic mass is 19.4. The van der Waals surface area contributed by atoms with Gasteiger partial charge in [0.1, 0.15) is 0 Å². The topological polar surface area (TPSA) is 6.48 Å². The van der Waals surface area contributed by atoms with Crippen LogP contribution in [0.3, 0.4) is 0 Å². The minimum atomic E-state index is -4.13. The minimum Gasteiger partial charge on any atom is -0.300 e. The maximum Gasteiger partial charge on any atom is 0.401 e. The number of rotatable bonds is 5. The second kappa shape index (κ2) is 7.01. The number of benzene rings is 1. The lowest BCUT2D eigenvalue weighted by Crippen LogP contribution is -2.40. The van der Waals surface area contributed by atoms with Crippen LogP contribution in [-0.2, 0) is 13.0 Å². The van der Waals surface area contributed by atoms with Gasteiger partial charge in [0, 0.05) is 19.1 Å². The summed E-state index contributed by atoms with van der Waals surface area (Å²) in [6.45, 7) is 8.70. The summed E-state index contributed by atoms with van der Waals surface area (Å²) < 4.78 is 37.9. The molecule has 0 bridgehead atoms. The lowest BCUT2D eigenvalue weighted by Gasteiger charge is -2.36.